The molecule has 1 fully saturated rings. The van der Waals surface area contributed by atoms with Gasteiger partial charge in [-0.3, -0.25) is 0 Å². The fourth-order valence-electron chi connectivity index (χ4n) is 2.82. The summed E-state index contributed by atoms with van der Waals surface area (Å²) < 4.78 is 28.0. The molecule has 4 nitrogen and oxygen atoms in total. The van der Waals surface area contributed by atoms with Gasteiger partial charge in [-0.1, -0.05) is 28.1 Å². The summed E-state index contributed by atoms with van der Waals surface area (Å²) in [6, 6.07) is 15.1. The Morgan fingerprint density at radius 1 is 0.958 bits per heavy atom. The molecule has 128 valence electrons. The summed E-state index contributed by atoms with van der Waals surface area (Å²) in [5, 5.41) is 0. The third-order valence-electron chi connectivity index (χ3n) is 4.12. The number of halogens is 1. The first-order valence-corrected chi connectivity index (χ1v) is 11.1. The molecule has 3 rings (SSSR count). The molecule has 0 spiro atoms. The van der Waals surface area contributed by atoms with Gasteiger partial charge in [0.15, 0.2) is 0 Å². The molecule has 1 aliphatic heterocycles. The van der Waals surface area contributed by atoms with E-state index in [0.717, 1.165) is 4.47 Å². The molecular formula is C17H19BrN2O2S2. The van der Waals surface area contributed by atoms with Gasteiger partial charge < -0.3 is 4.90 Å². The van der Waals surface area contributed by atoms with Gasteiger partial charge in [-0.25, -0.2) is 8.42 Å². The Morgan fingerprint density at radius 3 is 2.21 bits per heavy atom. The van der Waals surface area contributed by atoms with Crippen molar-refractivity contribution in [3.05, 3.63) is 53.0 Å². The molecule has 2 aromatic rings. The highest BCUT2D eigenvalue weighted by molar-refractivity contribution is 9.10. The molecule has 0 aliphatic carbocycles. The zero-order valence-electron chi connectivity index (χ0n) is 13.4. The van der Waals surface area contributed by atoms with Crippen LogP contribution in [0.5, 0.6) is 0 Å². The van der Waals surface area contributed by atoms with Crippen LogP contribution in [0.15, 0.2) is 62.8 Å². The molecule has 0 N–H and O–H groups in total. The standard InChI is InChI=1S/C17H19BrN2O2S2/c1-23-17-5-3-2-4-16(17)19-10-12-20(13-11-19)24(21,22)15-8-6-14(18)7-9-15/h2-9H,10-13H2,1H3. The molecule has 0 bridgehead atoms. The second-order valence-electron chi connectivity index (χ2n) is 5.52. The zero-order valence-corrected chi connectivity index (χ0v) is 16.6. The lowest BCUT2D eigenvalue weighted by molar-refractivity contribution is 0.384. The molecule has 7 heteroatoms. The third-order valence-corrected chi connectivity index (χ3v) is 7.34. The van der Waals surface area contributed by atoms with Crippen molar-refractivity contribution in [1.29, 1.82) is 0 Å². The molecule has 1 saturated heterocycles. The van der Waals surface area contributed by atoms with Gasteiger partial charge in [0, 0.05) is 35.5 Å². The average Bonchev–Trinajstić information content (AvgIpc) is 2.62. The van der Waals surface area contributed by atoms with Gasteiger partial charge in [0.1, 0.15) is 0 Å². The smallest absolute Gasteiger partial charge is 0.243 e. The van der Waals surface area contributed by atoms with Crippen LogP contribution >= 0.6 is 27.7 Å². The molecule has 0 unspecified atom stereocenters. The van der Waals surface area contributed by atoms with E-state index >= 15 is 0 Å². The molecule has 2 aromatic carbocycles. The van der Waals surface area contributed by atoms with Gasteiger partial charge >= 0.3 is 0 Å². The summed E-state index contributed by atoms with van der Waals surface area (Å²) in [4.78, 5) is 3.84. The second-order valence-corrected chi connectivity index (χ2v) is 9.22. The average molecular weight is 427 g/mol. The largest absolute Gasteiger partial charge is 0.368 e. The van der Waals surface area contributed by atoms with Crippen LogP contribution < -0.4 is 4.90 Å². The number of anilines is 1. The van der Waals surface area contributed by atoms with E-state index in [9.17, 15) is 8.42 Å². The minimum Gasteiger partial charge on any atom is -0.368 e. The van der Waals surface area contributed by atoms with Crippen molar-refractivity contribution in [3.63, 3.8) is 0 Å². The second kappa shape index (κ2) is 7.47. The van der Waals surface area contributed by atoms with Crippen LogP contribution in [0.25, 0.3) is 0 Å². The van der Waals surface area contributed by atoms with Crippen LogP contribution in [0.2, 0.25) is 0 Å². The third kappa shape index (κ3) is 3.64. The van der Waals surface area contributed by atoms with Crippen molar-refractivity contribution < 1.29 is 8.42 Å². The Hall–Kier alpha value is -1.02. The minimum absolute atomic E-state index is 0.351. The van der Waals surface area contributed by atoms with Crippen molar-refractivity contribution in [1.82, 2.24) is 4.31 Å². The number of nitrogens with zero attached hydrogens (tertiary/aromatic N) is 2. The summed E-state index contributed by atoms with van der Waals surface area (Å²) >= 11 is 5.05. The first kappa shape index (κ1) is 17.8. The summed E-state index contributed by atoms with van der Waals surface area (Å²) in [7, 11) is -3.42. The summed E-state index contributed by atoms with van der Waals surface area (Å²) in [6.07, 6.45) is 2.06. The molecule has 0 saturated carbocycles. The summed E-state index contributed by atoms with van der Waals surface area (Å²) in [5.74, 6) is 0. The Labute approximate surface area is 156 Å². The summed E-state index contributed by atoms with van der Waals surface area (Å²) in [5.41, 5.74) is 1.19. The van der Waals surface area contributed by atoms with Crippen LogP contribution in [-0.2, 0) is 10.0 Å². The number of sulfonamides is 1. The number of thioether (sulfide) groups is 1. The van der Waals surface area contributed by atoms with Gasteiger partial charge in [-0.05, 0) is 42.7 Å². The van der Waals surface area contributed by atoms with E-state index in [2.05, 4.69) is 39.2 Å². The summed E-state index contributed by atoms with van der Waals surface area (Å²) in [6.45, 7) is 2.41. The van der Waals surface area contributed by atoms with Gasteiger partial charge in [-0.15, -0.1) is 11.8 Å². The van der Waals surface area contributed by atoms with Crippen molar-refractivity contribution in [2.45, 2.75) is 9.79 Å². The highest BCUT2D eigenvalue weighted by atomic mass is 79.9. The van der Waals surface area contributed by atoms with E-state index in [4.69, 9.17) is 0 Å². The van der Waals surface area contributed by atoms with E-state index < -0.39 is 10.0 Å². The van der Waals surface area contributed by atoms with Crippen molar-refractivity contribution >= 4 is 43.4 Å². The predicted molar refractivity (Wildman–Crippen MR) is 103 cm³/mol. The minimum atomic E-state index is -3.42. The molecule has 0 atom stereocenters. The van der Waals surface area contributed by atoms with Crippen LogP contribution in [0.3, 0.4) is 0 Å². The fourth-order valence-corrected chi connectivity index (χ4v) is 5.12. The maximum atomic E-state index is 12.8. The predicted octanol–water partition coefficient (Wildman–Crippen LogP) is 3.68. The lowest BCUT2D eigenvalue weighted by Gasteiger charge is -2.36. The Morgan fingerprint density at radius 2 is 1.58 bits per heavy atom. The lowest BCUT2D eigenvalue weighted by Crippen LogP contribution is -2.48. The molecule has 24 heavy (non-hydrogen) atoms. The van der Waals surface area contributed by atoms with Gasteiger partial charge in [-0.2, -0.15) is 4.31 Å². The first-order valence-electron chi connectivity index (χ1n) is 7.66. The SMILES string of the molecule is CSc1ccccc1N1CCN(S(=O)(=O)c2ccc(Br)cc2)CC1. The molecule has 1 aliphatic rings. The monoisotopic (exact) mass is 426 g/mol. The Balaban J connectivity index is 1.74. The Bertz CT molecular complexity index is 802. The zero-order chi connectivity index (χ0) is 17.2. The van der Waals surface area contributed by atoms with Gasteiger partial charge in [0.2, 0.25) is 10.0 Å². The molecule has 0 radical (unpaired) electrons. The number of rotatable bonds is 4. The van der Waals surface area contributed by atoms with Crippen LogP contribution in [0, 0.1) is 0 Å². The number of hydrogen-bond donors (Lipinski definition) is 0. The maximum absolute atomic E-state index is 12.8. The highest BCUT2D eigenvalue weighted by Gasteiger charge is 2.29. The number of benzene rings is 2. The lowest BCUT2D eigenvalue weighted by atomic mass is 10.2. The molecule has 1 heterocycles. The number of hydrogen-bond acceptors (Lipinski definition) is 4. The molecular weight excluding hydrogens is 408 g/mol. The first-order chi connectivity index (χ1) is 11.5. The topological polar surface area (TPSA) is 40.6 Å². The van der Waals surface area contributed by atoms with E-state index in [0.29, 0.717) is 31.1 Å². The number of piperazine rings is 1. The van der Waals surface area contributed by atoms with Crippen molar-refractivity contribution in [3.8, 4) is 0 Å². The normalized spacial score (nSPS) is 16.3. The van der Waals surface area contributed by atoms with E-state index in [1.807, 2.05) is 12.1 Å². The van der Waals surface area contributed by atoms with Crippen LogP contribution in [-0.4, -0.2) is 45.2 Å². The van der Waals surface area contributed by atoms with E-state index in [-0.39, 0.29) is 0 Å². The molecule has 0 amide bonds. The maximum Gasteiger partial charge on any atom is 0.243 e. The Kier molecular flexibility index (Phi) is 5.54. The van der Waals surface area contributed by atoms with Crippen molar-refractivity contribution in [2.75, 3.05) is 37.3 Å². The van der Waals surface area contributed by atoms with Crippen molar-refractivity contribution in [2.24, 2.45) is 0 Å². The molecule has 0 aromatic heterocycles. The fraction of sp³-hybridized carbons (Fsp3) is 0.294. The van der Waals surface area contributed by atoms with Gasteiger partial charge in [0.05, 0.1) is 10.6 Å². The van der Waals surface area contributed by atoms with Gasteiger partial charge in [0.25, 0.3) is 0 Å². The van der Waals surface area contributed by atoms with E-state index in [1.54, 1.807) is 40.3 Å². The van der Waals surface area contributed by atoms with Crippen LogP contribution in [0.1, 0.15) is 0 Å². The van der Waals surface area contributed by atoms with E-state index in [1.165, 1.54) is 10.6 Å². The highest BCUT2D eigenvalue weighted by Crippen LogP contribution is 2.30. The number of para-hydroxylation sites is 1. The quantitative estimate of drug-likeness (QED) is 0.699. The van der Waals surface area contributed by atoms with Crippen LogP contribution in [0.4, 0.5) is 5.69 Å².